The number of nitrogens with one attached hydrogen (secondary N) is 2. The average Bonchev–Trinajstić information content (AvgIpc) is 2.66. The third kappa shape index (κ3) is 20.8. The summed E-state index contributed by atoms with van der Waals surface area (Å²) in [4.78, 5) is 31.6. The van der Waals surface area contributed by atoms with E-state index in [2.05, 4.69) is 17.8 Å². The molecule has 7 N–H and O–H groups in total. The Balaban J connectivity index is 0. The molecule has 0 aromatic rings. The number of aliphatic carboxylic acids is 3. The highest BCUT2D eigenvalue weighted by atomic mass is 16.4. The fourth-order valence-corrected chi connectivity index (χ4v) is 2.56. The molecule has 0 heterocycles. The Labute approximate surface area is 174 Å². The van der Waals surface area contributed by atoms with E-state index in [1.165, 1.54) is 0 Å². The minimum absolute atomic E-state index is 0.111. The maximum Gasteiger partial charge on any atom is 0.322 e. The van der Waals surface area contributed by atoms with Gasteiger partial charge >= 0.3 is 17.9 Å². The van der Waals surface area contributed by atoms with Gasteiger partial charge in [-0.25, -0.2) is 5.43 Å². The van der Waals surface area contributed by atoms with Gasteiger partial charge in [-0.15, -0.1) is 0 Å². The molecule has 0 fully saturated rings. The van der Waals surface area contributed by atoms with Gasteiger partial charge in [-0.05, 0) is 51.5 Å². The predicted molar refractivity (Wildman–Crippen MR) is 113 cm³/mol. The van der Waals surface area contributed by atoms with Crippen LogP contribution in [0.25, 0.3) is 0 Å². The molecule has 0 aliphatic carbocycles. The summed E-state index contributed by atoms with van der Waals surface area (Å²) in [5.41, 5.74) is 11.0. The Morgan fingerprint density at radius 2 is 1.55 bits per heavy atom. The molecule has 1 unspecified atom stereocenters. The van der Waals surface area contributed by atoms with E-state index in [0.717, 1.165) is 51.4 Å². The lowest BCUT2D eigenvalue weighted by atomic mass is 10.00. The van der Waals surface area contributed by atoms with Crippen LogP contribution in [0.4, 0.5) is 0 Å². The van der Waals surface area contributed by atoms with E-state index >= 15 is 0 Å². The third-order valence-corrected chi connectivity index (χ3v) is 4.46. The van der Waals surface area contributed by atoms with Gasteiger partial charge in [0.2, 0.25) is 0 Å². The summed E-state index contributed by atoms with van der Waals surface area (Å²) in [7, 11) is 0. The lowest BCUT2D eigenvalue weighted by Gasteiger charge is -2.15. The van der Waals surface area contributed by atoms with Crippen molar-refractivity contribution >= 4 is 17.9 Å². The molecule has 0 saturated carbocycles. The first-order valence-corrected chi connectivity index (χ1v) is 10.7. The van der Waals surface area contributed by atoms with Gasteiger partial charge in [0.25, 0.3) is 0 Å². The molecule has 0 spiro atoms. The van der Waals surface area contributed by atoms with Crippen LogP contribution in [0.15, 0.2) is 0 Å². The molecule has 0 bridgehead atoms. The van der Waals surface area contributed by atoms with E-state index in [0.29, 0.717) is 25.9 Å². The summed E-state index contributed by atoms with van der Waals surface area (Å²) in [5.74, 6) is -2.41. The Hall–Kier alpha value is -1.71. The molecule has 0 aromatic heterocycles. The molecule has 0 aliphatic rings. The number of hydrazine groups is 1. The van der Waals surface area contributed by atoms with Gasteiger partial charge in [-0.2, -0.15) is 0 Å². The lowest BCUT2D eigenvalue weighted by Crippen LogP contribution is -2.45. The number of hydrogen-bond acceptors (Lipinski definition) is 6. The normalized spacial score (nSPS) is 12.5. The summed E-state index contributed by atoms with van der Waals surface area (Å²) < 4.78 is 0. The van der Waals surface area contributed by atoms with Gasteiger partial charge in [0.05, 0.1) is 5.92 Å². The van der Waals surface area contributed by atoms with E-state index in [9.17, 15) is 14.4 Å². The number of rotatable bonds is 18. The summed E-state index contributed by atoms with van der Waals surface area (Å²) >= 11 is 0. The van der Waals surface area contributed by atoms with Crippen LogP contribution in [0, 0.1) is 5.92 Å². The van der Waals surface area contributed by atoms with E-state index in [-0.39, 0.29) is 12.3 Å². The number of hydrogen-bond donors (Lipinski definition) is 6. The smallest absolute Gasteiger partial charge is 0.322 e. The second-order valence-corrected chi connectivity index (χ2v) is 7.04. The summed E-state index contributed by atoms with van der Waals surface area (Å²) in [6.07, 6.45) is 8.31. The molecule has 172 valence electrons. The first-order chi connectivity index (χ1) is 13.8. The number of carboxylic acid groups (broad SMARTS) is 3. The van der Waals surface area contributed by atoms with Crippen molar-refractivity contribution in [2.75, 3.05) is 13.1 Å². The van der Waals surface area contributed by atoms with Crippen LogP contribution in [0.1, 0.15) is 84.5 Å². The molecule has 9 nitrogen and oxygen atoms in total. The SMILES string of the molecule is CCCCC(CC)C(=O)O.NCCCC[C@H](NNCCCCCC(=O)O)C(=O)O. The van der Waals surface area contributed by atoms with Crippen molar-refractivity contribution in [2.24, 2.45) is 11.7 Å². The lowest BCUT2D eigenvalue weighted by molar-refractivity contribution is -0.142. The van der Waals surface area contributed by atoms with E-state index < -0.39 is 23.9 Å². The summed E-state index contributed by atoms with van der Waals surface area (Å²) in [6.45, 7) is 5.20. The maximum absolute atomic E-state index is 10.9. The number of carbonyl (C=O) groups is 3. The first-order valence-electron chi connectivity index (χ1n) is 10.7. The number of unbranched alkanes of at least 4 members (excludes halogenated alkanes) is 4. The van der Waals surface area contributed by atoms with E-state index in [1.54, 1.807) is 0 Å². The molecule has 2 atom stereocenters. The second-order valence-electron chi connectivity index (χ2n) is 7.04. The van der Waals surface area contributed by atoms with Gasteiger partial charge < -0.3 is 21.1 Å². The van der Waals surface area contributed by atoms with Crippen LogP contribution in [0.2, 0.25) is 0 Å². The second kappa shape index (κ2) is 21.0. The largest absolute Gasteiger partial charge is 0.481 e. The van der Waals surface area contributed by atoms with Crippen molar-refractivity contribution in [2.45, 2.75) is 90.5 Å². The van der Waals surface area contributed by atoms with Gasteiger partial charge in [0.1, 0.15) is 6.04 Å². The Kier molecular flexibility index (Phi) is 21.4. The predicted octanol–water partition coefficient (Wildman–Crippen LogP) is 2.60. The zero-order valence-electron chi connectivity index (χ0n) is 18.0. The number of nitrogens with two attached hydrogens (primary N) is 1. The van der Waals surface area contributed by atoms with Crippen LogP contribution >= 0.6 is 0 Å². The zero-order chi connectivity index (χ0) is 22.5. The van der Waals surface area contributed by atoms with Gasteiger partial charge in [-0.3, -0.25) is 19.8 Å². The fraction of sp³-hybridized carbons (Fsp3) is 0.850. The van der Waals surface area contributed by atoms with Gasteiger partial charge in [-0.1, -0.05) is 33.1 Å². The van der Waals surface area contributed by atoms with E-state index in [4.69, 9.17) is 21.1 Å². The number of carboxylic acids is 3. The molecule has 0 radical (unpaired) electrons. The highest BCUT2D eigenvalue weighted by Crippen LogP contribution is 2.11. The summed E-state index contributed by atoms with van der Waals surface area (Å²) in [5, 5.41) is 26.0. The zero-order valence-corrected chi connectivity index (χ0v) is 18.0. The van der Waals surface area contributed by atoms with Crippen molar-refractivity contribution in [1.29, 1.82) is 0 Å². The van der Waals surface area contributed by atoms with Gasteiger partial charge in [0.15, 0.2) is 0 Å². The molecule has 0 saturated heterocycles. The fourth-order valence-electron chi connectivity index (χ4n) is 2.56. The Morgan fingerprint density at radius 3 is 2.03 bits per heavy atom. The molecular weight excluding hydrogens is 378 g/mol. The molecule has 0 aliphatic heterocycles. The third-order valence-electron chi connectivity index (χ3n) is 4.46. The van der Waals surface area contributed by atoms with Crippen LogP contribution in [-0.2, 0) is 14.4 Å². The topological polar surface area (TPSA) is 162 Å². The molecule has 0 rings (SSSR count). The van der Waals surface area contributed by atoms with Crippen molar-refractivity contribution in [3.63, 3.8) is 0 Å². The van der Waals surface area contributed by atoms with E-state index in [1.807, 2.05) is 6.92 Å². The molecule has 0 amide bonds. The van der Waals surface area contributed by atoms with Crippen LogP contribution in [0.3, 0.4) is 0 Å². The molecule has 9 heteroatoms. The summed E-state index contributed by atoms with van der Waals surface area (Å²) in [6, 6.07) is -0.606. The average molecular weight is 420 g/mol. The molecule has 29 heavy (non-hydrogen) atoms. The minimum atomic E-state index is -0.879. The first kappa shape index (κ1) is 29.5. The van der Waals surface area contributed by atoms with Crippen LogP contribution in [0.5, 0.6) is 0 Å². The Morgan fingerprint density at radius 1 is 0.862 bits per heavy atom. The molecule has 0 aromatic carbocycles. The van der Waals surface area contributed by atoms with Crippen molar-refractivity contribution in [3.8, 4) is 0 Å². The highest BCUT2D eigenvalue weighted by Gasteiger charge is 2.15. The minimum Gasteiger partial charge on any atom is -0.481 e. The molecular formula is C20H41N3O6. The standard InChI is InChI=1S/C12H25N3O4.C8H16O2/c13-8-4-3-6-10(12(18)19)15-14-9-5-1-2-7-11(16)17;1-3-5-6-7(4-2)8(9)10/h10,14-15H,1-9,13H2,(H,16,17)(H,18,19);7H,3-6H2,1-2H3,(H,9,10)/t10-;/m0./s1. The van der Waals surface area contributed by atoms with Gasteiger partial charge in [0, 0.05) is 13.0 Å². The maximum atomic E-state index is 10.9. The monoisotopic (exact) mass is 419 g/mol. The quantitative estimate of drug-likeness (QED) is 0.145. The Bertz CT molecular complexity index is 434. The van der Waals surface area contributed by atoms with Crippen molar-refractivity contribution in [3.05, 3.63) is 0 Å². The highest BCUT2D eigenvalue weighted by molar-refractivity contribution is 5.73. The van der Waals surface area contributed by atoms with Crippen LogP contribution < -0.4 is 16.6 Å². The van der Waals surface area contributed by atoms with Crippen molar-refractivity contribution < 1.29 is 29.7 Å². The van der Waals surface area contributed by atoms with Crippen LogP contribution in [-0.4, -0.2) is 52.4 Å². The van der Waals surface area contributed by atoms with Crippen molar-refractivity contribution in [1.82, 2.24) is 10.9 Å².